The van der Waals surface area contributed by atoms with Crippen LogP contribution >= 0.6 is 33.3 Å². The van der Waals surface area contributed by atoms with Crippen LogP contribution in [0.4, 0.5) is 4.79 Å². The number of carboxylic acid groups (broad SMARTS) is 1. The molecule has 1 unspecified atom stereocenters. The normalized spacial score (nSPS) is 25.0. The van der Waals surface area contributed by atoms with Crippen LogP contribution in [0, 0.1) is 23.7 Å². The van der Waals surface area contributed by atoms with Crippen molar-refractivity contribution >= 4 is 86.4 Å². The zero-order chi connectivity index (χ0) is 43.9. The lowest BCUT2D eigenvalue weighted by atomic mass is 9.79. The quantitative estimate of drug-likeness (QED) is 0.0471. The van der Waals surface area contributed by atoms with Gasteiger partial charge in [-0.3, -0.25) is 38.5 Å². The smallest absolute Gasteiger partial charge is 0.404 e. The summed E-state index contributed by atoms with van der Waals surface area (Å²) in [6.07, 6.45) is 2.76. The number of nitrogens with two attached hydrogens (primary N) is 1. The number of likely N-dealkylation sites (tertiary alicyclic amines) is 1. The summed E-state index contributed by atoms with van der Waals surface area (Å²) < 4.78 is 11.3. The van der Waals surface area contributed by atoms with E-state index in [1.54, 1.807) is 42.5 Å². The molecule has 5 amide bonds. The number of methoxy groups -OCH3 is 1. The number of hydrogen-bond acceptors (Lipinski definition) is 15. The van der Waals surface area contributed by atoms with E-state index < -0.39 is 52.6 Å². The molecule has 3 fully saturated rings. The maximum Gasteiger partial charge on any atom is 0.404 e. The molecular weight excluding hydrogens is 839 g/mol. The number of primary amides is 1. The summed E-state index contributed by atoms with van der Waals surface area (Å²) in [6, 6.07) is 0. The molecular formula is C40H53N5O12S3. The van der Waals surface area contributed by atoms with Crippen molar-refractivity contribution in [1.82, 2.24) is 20.4 Å². The second kappa shape index (κ2) is 20.6. The number of rotatable bonds is 24. The van der Waals surface area contributed by atoms with Crippen LogP contribution in [0.1, 0.15) is 72.1 Å². The topological polar surface area (TPSA) is 249 Å². The summed E-state index contributed by atoms with van der Waals surface area (Å²) in [4.78, 5) is 115. The van der Waals surface area contributed by atoms with Crippen LogP contribution in [0.5, 0.6) is 0 Å². The Morgan fingerprint density at radius 3 is 2.45 bits per heavy atom. The Hall–Kier alpha value is -4.14. The van der Waals surface area contributed by atoms with E-state index in [1.807, 2.05) is 4.90 Å². The van der Waals surface area contributed by atoms with Crippen molar-refractivity contribution in [3.05, 3.63) is 34.2 Å². The van der Waals surface area contributed by atoms with Crippen LogP contribution in [0.15, 0.2) is 34.2 Å². The summed E-state index contributed by atoms with van der Waals surface area (Å²) >= 11 is 1.03. The van der Waals surface area contributed by atoms with Crippen LogP contribution in [-0.4, -0.2) is 130 Å². The lowest BCUT2D eigenvalue weighted by Crippen LogP contribution is -2.51. The van der Waals surface area contributed by atoms with Crippen LogP contribution in [0.2, 0.25) is 0 Å². The number of piperidine rings is 1. The van der Waals surface area contributed by atoms with Gasteiger partial charge in [0.05, 0.1) is 22.8 Å². The Bertz CT molecular complexity index is 1900. The molecule has 2 aliphatic carbocycles. The van der Waals surface area contributed by atoms with Crippen molar-refractivity contribution in [2.75, 3.05) is 50.6 Å². The van der Waals surface area contributed by atoms with Crippen molar-refractivity contribution in [3.63, 3.8) is 0 Å². The van der Waals surface area contributed by atoms with Crippen molar-refractivity contribution in [2.45, 2.75) is 83.1 Å². The van der Waals surface area contributed by atoms with Gasteiger partial charge < -0.3 is 40.6 Å². The van der Waals surface area contributed by atoms with Gasteiger partial charge >= 0.3 is 12.1 Å². The van der Waals surface area contributed by atoms with E-state index >= 15 is 0 Å². The molecule has 2 saturated heterocycles. The zero-order valence-electron chi connectivity index (χ0n) is 34.2. The third-order valence-electron chi connectivity index (χ3n) is 11.5. The Balaban J connectivity index is 0.943. The average Bonchev–Trinajstić information content (AvgIpc) is 3.71. The first-order valence-corrected chi connectivity index (χ1v) is 23.5. The zero-order valence-corrected chi connectivity index (χ0v) is 36.7. The molecule has 0 bridgehead atoms. The van der Waals surface area contributed by atoms with Crippen molar-refractivity contribution in [3.8, 4) is 0 Å². The van der Waals surface area contributed by atoms with Crippen molar-refractivity contribution in [1.29, 1.82) is 0 Å². The van der Waals surface area contributed by atoms with Crippen molar-refractivity contribution in [2.24, 2.45) is 29.4 Å². The number of allylic oxidation sites excluding steroid dienone is 3. The molecule has 328 valence electrons. The van der Waals surface area contributed by atoms with Gasteiger partial charge in [-0.1, -0.05) is 27.2 Å². The van der Waals surface area contributed by atoms with Crippen LogP contribution in [0.25, 0.3) is 0 Å². The third kappa shape index (κ3) is 10.7. The predicted octanol–water partition coefficient (Wildman–Crippen LogP) is 2.74. The fourth-order valence-corrected chi connectivity index (χ4v) is 11.7. The van der Waals surface area contributed by atoms with Crippen LogP contribution in [-0.2, 0) is 47.8 Å². The highest BCUT2D eigenvalue weighted by atomic mass is 33.1. The molecule has 1 saturated carbocycles. The van der Waals surface area contributed by atoms with E-state index in [9.17, 15) is 48.3 Å². The number of Topliss-reactive ketones (excluding diaryl/α,β-unsaturated/α-hetero) is 3. The number of hydrogen-bond donors (Lipinski definition) is 4. The molecule has 5 aliphatic rings. The van der Waals surface area contributed by atoms with Gasteiger partial charge in [-0.2, -0.15) is 0 Å². The van der Waals surface area contributed by atoms with E-state index in [1.165, 1.54) is 13.1 Å². The Labute approximate surface area is 360 Å². The minimum atomic E-state index is -1.14. The Kier molecular flexibility index (Phi) is 16.1. The van der Waals surface area contributed by atoms with Crippen LogP contribution < -0.4 is 16.4 Å². The number of thioether (sulfide) groups is 1. The average molecular weight is 892 g/mol. The SMILES string of the molecule is CO[C@@]12[C@H](COC(N)=O)C3=C(C(=O)C(C)=C(CCCSSCCNC(=O)CC/C(C)=C/NC(=O)CCN4C(=O)CC(SC[C@H](CC(C)=O)C(=O)O)C4=O)C3=O)N1C[C@@H]1C[C@@H]12. The van der Waals surface area contributed by atoms with Gasteiger partial charge in [0.1, 0.15) is 12.4 Å². The number of amides is 5. The lowest BCUT2D eigenvalue weighted by Gasteiger charge is -2.40. The molecule has 60 heavy (non-hydrogen) atoms. The molecule has 0 spiro atoms. The van der Waals surface area contributed by atoms with Gasteiger partial charge in [0.2, 0.25) is 29.4 Å². The Morgan fingerprint density at radius 2 is 1.77 bits per heavy atom. The second-order valence-electron chi connectivity index (χ2n) is 15.6. The second-order valence-corrected chi connectivity index (χ2v) is 19.6. The lowest BCUT2D eigenvalue weighted by molar-refractivity contribution is -0.146. The minimum absolute atomic E-state index is 0.0148. The van der Waals surface area contributed by atoms with E-state index in [2.05, 4.69) is 10.6 Å². The summed E-state index contributed by atoms with van der Waals surface area (Å²) in [5.41, 5.74) is 6.77. The van der Waals surface area contributed by atoms with Gasteiger partial charge in [-0.05, 0) is 52.4 Å². The van der Waals surface area contributed by atoms with E-state index in [0.717, 1.165) is 28.7 Å². The number of aliphatic carboxylic acids is 1. The first-order chi connectivity index (χ1) is 28.5. The fraction of sp³-hybridized carbons (Fsp3) is 0.625. The molecule has 3 aliphatic heterocycles. The van der Waals surface area contributed by atoms with Gasteiger partial charge in [0.25, 0.3) is 0 Å². The molecule has 0 radical (unpaired) electrons. The first-order valence-electron chi connectivity index (χ1n) is 19.9. The number of nitrogens with one attached hydrogen (secondary N) is 2. The number of carboxylic acids is 1. The molecule has 6 atom stereocenters. The molecule has 20 heteroatoms. The minimum Gasteiger partial charge on any atom is -0.481 e. The summed E-state index contributed by atoms with van der Waals surface area (Å²) in [5.74, 6) is -2.98. The summed E-state index contributed by atoms with van der Waals surface area (Å²) in [7, 11) is 4.77. The van der Waals surface area contributed by atoms with Gasteiger partial charge in [0.15, 0.2) is 11.5 Å². The number of imide groups is 1. The summed E-state index contributed by atoms with van der Waals surface area (Å²) in [5, 5.41) is 14.1. The standard InChI is InChI=1S/C40H53N5O12S3/c1-21(17-43-31(48)9-11-44-32(49)16-29(37(44)52)58-20-25(38(53)54)14-22(2)46)7-8-30(47)42-10-13-60-59-12-5-6-26-23(3)35(50)34-33(36(26)51)28(19-57-39(41)55)40(56-4)27-15-24(27)18-45(34)40/h17,24-25,27-29H,5-16,18-20H2,1-4H3,(H2,41,55)(H,42,47)(H,43,48)(H,53,54)/b21-17+/t24-,25-,27-,28+,29?,40-/m0/s1. The van der Waals surface area contributed by atoms with E-state index in [-0.39, 0.29) is 73.8 Å². The highest BCUT2D eigenvalue weighted by Gasteiger charge is 2.72. The molecule has 5 N–H and O–H groups in total. The highest BCUT2D eigenvalue weighted by Crippen LogP contribution is 2.65. The molecule has 5 rings (SSSR count). The molecule has 0 aromatic carbocycles. The highest BCUT2D eigenvalue weighted by molar-refractivity contribution is 8.76. The molecule has 0 aromatic heterocycles. The number of ketones is 3. The molecule has 3 heterocycles. The molecule has 0 aromatic rings. The number of nitrogens with zero attached hydrogens (tertiary/aromatic N) is 2. The van der Waals surface area contributed by atoms with Gasteiger partial charge in [-0.15, -0.1) is 11.8 Å². The number of carbonyl (C=O) groups excluding carboxylic acids is 8. The largest absolute Gasteiger partial charge is 0.481 e. The summed E-state index contributed by atoms with van der Waals surface area (Å²) in [6.45, 7) is 5.56. The number of ether oxygens (including phenoxy) is 2. The number of carbonyl (C=O) groups is 9. The Morgan fingerprint density at radius 1 is 1.03 bits per heavy atom. The maximum absolute atomic E-state index is 14.0. The van der Waals surface area contributed by atoms with Crippen LogP contribution in [0.3, 0.4) is 0 Å². The monoisotopic (exact) mass is 891 g/mol. The number of fused-ring (bicyclic) bond motifs is 4. The molecule has 17 nitrogen and oxygen atoms in total. The van der Waals surface area contributed by atoms with Gasteiger partial charge in [-0.25, -0.2) is 4.79 Å². The van der Waals surface area contributed by atoms with E-state index in [4.69, 9.17) is 15.2 Å². The third-order valence-corrected chi connectivity index (χ3v) is 15.4. The van der Waals surface area contributed by atoms with E-state index in [0.29, 0.717) is 72.2 Å². The van der Waals surface area contributed by atoms with Gasteiger partial charge in [0, 0.05) is 98.5 Å². The maximum atomic E-state index is 14.0. The predicted molar refractivity (Wildman–Crippen MR) is 224 cm³/mol. The first kappa shape index (κ1) is 46.9. The fourth-order valence-electron chi connectivity index (χ4n) is 8.43. The van der Waals surface area contributed by atoms with Crippen molar-refractivity contribution < 1.29 is 57.7 Å².